The first-order valence-electron chi connectivity index (χ1n) is 12.0. The topological polar surface area (TPSA) is 138 Å². The molecule has 0 radical (unpaired) electrons. The first-order valence-corrected chi connectivity index (χ1v) is 12.7. The van der Waals surface area contributed by atoms with Gasteiger partial charge in [-0.25, -0.2) is 15.0 Å². The lowest BCUT2D eigenvalue weighted by molar-refractivity contribution is 0.710. The fourth-order valence-corrected chi connectivity index (χ4v) is 3.77. The van der Waals surface area contributed by atoms with Crippen molar-refractivity contribution in [1.82, 2.24) is 29.1 Å². The zero-order chi connectivity index (χ0) is 27.7. The monoisotopic (exact) mass is 573 g/mol. The van der Waals surface area contributed by atoms with E-state index in [2.05, 4.69) is 24.5 Å². The molecule has 0 aliphatic heterocycles. The van der Waals surface area contributed by atoms with E-state index >= 15 is 0 Å². The molecule has 1 aliphatic carbocycles. The van der Waals surface area contributed by atoms with Gasteiger partial charge in [-0.1, -0.05) is 54.9 Å². The van der Waals surface area contributed by atoms with Crippen LogP contribution in [0.3, 0.4) is 0 Å². The second-order valence-corrected chi connectivity index (χ2v) is 9.83. The van der Waals surface area contributed by atoms with Crippen LogP contribution in [0.15, 0.2) is 86.1 Å². The highest BCUT2D eigenvalue weighted by Crippen LogP contribution is 2.41. The van der Waals surface area contributed by atoms with E-state index in [0.29, 0.717) is 17.9 Å². The van der Waals surface area contributed by atoms with Gasteiger partial charge in [0.05, 0.1) is 36.4 Å². The second-order valence-electron chi connectivity index (χ2n) is 8.96. The van der Waals surface area contributed by atoms with E-state index in [9.17, 15) is 0 Å². The molecule has 0 unspecified atom stereocenters. The maximum atomic E-state index is 8.61. The second kappa shape index (κ2) is 14.1. The standard InChI is InChI=1S/C13H14ClN3.C11H8ClN3.C4H3N3.CH4/c14-11-3-1-10(2-4-11)7-17-8-12(16-9-17)13(15)5-6-13;12-10-3-1-9(2-4-10)6-15-7-11(5-13)14-8-15;5-1-4-2-6-3-7-4;/h1-4,8-9H,5-7,15H2;1-4,7-8H,6H2;2-3H,(H,6,7);1H4. The number of rotatable bonds is 5. The summed E-state index contributed by atoms with van der Waals surface area (Å²) < 4.78 is 3.92. The van der Waals surface area contributed by atoms with Crippen LogP contribution >= 0.6 is 23.2 Å². The molecule has 6 rings (SSSR count). The minimum atomic E-state index is -0.148. The minimum absolute atomic E-state index is 0. The Morgan fingerprint density at radius 1 is 0.850 bits per heavy atom. The molecule has 5 aromatic rings. The average Bonchev–Trinajstić information content (AvgIpc) is 3.41. The molecule has 2 aromatic carbocycles. The number of benzene rings is 2. The molecule has 3 N–H and O–H groups in total. The molecule has 0 saturated heterocycles. The van der Waals surface area contributed by atoms with Gasteiger partial charge in [-0.2, -0.15) is 10.5 Å². The summed E-state index contributed by atoms with van der Waals surface area (Å²) in [7, 11) is 0. The molecule has 9 nitrogen and oxygen atoms in total. The van der Waals surface area contributed by atoms with Gasteiger partial charge in [-0.05, 0) is 48.2 Å². The molecule has 1 aliphatic rings. The highest BCUT2D eigenvalue weighted by molar-refractivity contribution is 6.30. The van der Waals surface area contributed by atoms with Crippen LogP contribution in [-0.4, -0.2) is 29.1 Å². The molecule has 204 valence electrons. The van der Waals surface area contributed by atoms with Gasteiger partial charge >= 0.3 is 0 Å². The molecule has 0 atom stereocenters. The van der Waals surface area contributed by atoms with E-state index in [-0.39, 0.29) is 13.0 Å². The van der Waals surface area contributed by atoms with E-state index in [4.69, 9.17) is 39.5 Å². The van der Waals surface area contributed by atoms with Crippen LogP contribution in [0.25, 0.3) is 0 Å². The van der Waals surface area contributed by atoms with Gasteiger partial charge in [0.25, 0.3) is 0 Å². The molecule has 1 saturated carbocycles. The van der Waals surface area contributed by atoms with Crippen molar-refractivity contribution in [3.05, 3.63) is 124 Å². The van der Waals surface area contributed by atoms with Crippen molar-refractivity contribution < 1.29 is 0 Å². The summed E-state index contributed by atoms with van der Waals surface area (Å²) in [5.74, 6) is 0. The number of nitrogens with zero attached hydrogens (tertiary/aromatic N) is 7. The van der Waals surface area contributed by atoms with E-state index in [1.807, 2.05) is 77.8 Å². The van der Waals surface area contributed by atoms with Crippen molar-refractivity contribution >= 4 is 23.2 Å². The number of imidazole rings is 3. The van der Waals surface area contributed by atoms with Gasteiger partial charge in [0.1, 0.15) is 17.8 Å². The van der Waals surface area contributed by atoms with Crippen molar-refractivity contribution in [2.45, 2.75) is 38.9 Å². The Morgan fingerprint density at radius 3 is 1.82 bits per heavy atom. The quantitative estimate of drug-likeness (QED) is 0.268. The van der Waals surface area contributed by atoms with Gasteiger partial charge in [0.15, 0.2) is 5.69 Å². The van der Waals surface area contributed by atoms with Crippen LogP contribution in [0.2, 0.25) is 10.0 Å². The van der Waals surface area contributed by atoms with Crippen LogP contribution < -0.4 is 5.73 Å². The lowest BCUT2D eigenvalue weighted by atomic mass is 10.2. The molecular formula is C29H29Cl2N9. The van der Waals surface area contributed by atoms with Crippen LogP contribution in [0, 0.1) is 22.7 Å². The smallest absolute Gasteiger partial charge is 0.158 e. The summed E-state index contributed by atoms with van der Waals surface area (Å²) >= 11 is 11.6. The van der Waals surface area contributed by atoms with Crippen LogP contribution in [-0.2, 0) is 18.6 Å². The fraction of sp³-hybridized carbons (Fsp3) is 0.207. The SMILES string of the molecule is C.N#Cc1cn(Cc2ccc(Cl)cc2)cn1.N#Cc1cnc[nH]1.NC1(c2cn(Cc3ccc(Cl)cc3)cn2)CC1. The van der Waals surface area contributed by atoms with Crippen LogP contribution in [0.5, 0.6) is 0 Å². The normalized spacial score (nSPS) is 12.3. The summed E-state index contributed by atoms with van der Waals surface area (Å²) in [6.07, 6.45) is 12.3. The third kappa shape index (κ3) is 8.82. The van der Waals surface area contributed by atoms with Crippen molar-refractivity contribution in [3.8, 4) is 12.1 Å². The number of nitrogens with one attached hydrogen (secondary N) is 1. The predicted octanol–water partition coefficient (Wildman–Crippen LogP) is 5.91. The molecule has 0 amide bonds. The molecule has 3 heterocycles. The summed E-state index contributed by atoms with van der Waals surface area (Å²) in [4.78, 5) is 14.5. The lowest BCUT2D eigenvalue weighted by Gasteiger charge is -2.04. The van der Waals surface area contributed by atoms with E-state index in [1.54, 1.807) is 12.5 Å². The molecule has 0 bridgehead atoms. The third-order valence-electron chi connectivity index (χ3n) is 5.86. The van der Waals surface area contributed by atoms with Crippen LogP contribution in [0.4, 0.5) is 0 Å². The van der Waals surface area contributed by atoms with Gasteiger partial charge < -0.3 is 19.9 Å². The molecule has 11 heteroatoms. The average molecular weight is 575 g/mol. The number of H-pyrrole nitrogens is 1. The number of halogens is 2. The minimum Gasteiger partial charge on any atom is -0.336 e. The van der Waals surface area contributed by atoms with Gasteiger partial charge in [0, 0.05) is 35.5 Å². The Labute approximate surface area is 243 Å². The summed E-state index contributed by atoms with van der Waals surface area (Å²) in [5.41, 5.74) is 10.2. The third-order valence-corrected chi connectivity index (χ3v) is 6.36. The molecule has 40 heavy (non-hydrogen) atoms. The number of nitriles is 2. The zero-order valence-corrected chi connectivity index (χ0v) is 22.4. The number of aromatic amines is 1. The zero-order valence-electron chi connectivity index (χ0n) is 20.9. The molecule has 0 spiro atoms. The molecular weight excluding hydrogens is 545 g/mol. The Hall–Kier alpha value is -4.41. The summed E-state index contributed by atoms with van der Waals surface area (Å²) in [6.45, 7) is 1.51. The van der Waals surface area contributed by atoms with E-state index in [0.717, 1.165) is 40.7 Å². The Morgan fingerprint density at radius 2 is 1.40 bits per heavy atom. The number of hydrogen-bond donors (Lipinski definition) is 2. The molecule has 3 aromatic heterocycles. The summed E-state index contributed by atoms with van der Waals surface area (Å²) in [5, 5.41) is 18.2. The van der Waals surface area contributed by atoms with Crippen molar-refractivity contribution in [3.63, 3.8) is 0 Å². The van der Waals surface area contributed by atoms with Gasteiger partial charge in [-0.15, -0.1) is 0 Å². The number of nitrogens with two attached hydrogens (primary N) is 1. The van der Waals surface area contributed by atoms with Crippen molar-refractivity contribution in [2.24, 2.45) is 5.73 Å². The Balaban J connectivity index is 0.000000176. The first kappa shape index (κ1) is 30.1. The highest BCUT2D eigenvalue weighted by atomic mass is 35.5. The van der Waals surface area contributed by atoms with Gasteiger partial charge in [0.2, 0.25) is 0 Å². The van der Waals surface area contributed by atoms with E-state index in [1.165, 1.54) is 18.1 Å². The lowest BCUT2D eigenvalue weighted by Crippen LogP contribution is -2.18. The largest absolute Gasteiger partial charge is 0.336 e. The number of hydrogen-bond acceptors (Lipinski definition) is 6. The van der Waals surface area contributed by atoms with Crippen molar-refractivity contribution in [1.29, 1.82) is 10.5 Å². The molecule has 1 fully saturated rings. The Bertz CT molecular complexity index is 1550. The maximum absolute atomic E-state index is 8.61. The number of aromatic nitrogens is 6. The Kier molecular flexibility index (Phi) is 10.6. The van der Waals surface area contributed by atoms with Crippen LogP contribution in [0.1, 0.15) is 48.5 Å². The highest BCUT2D eigenvalue weighted by Gasteiger charge is 2.42. The fourth-order valence-electron chi connectivity index (χ4n) is 3.52. The van der Waals surface area contributed by atoms with Gasteiger partial charge in [-0.3, -0.25) is 0 Å². The maximum Gasteiger partial charge on any atom is 0.158 e. The summed E-state index contributed by atoms with van der Waals surface area (Å²) in [6, 6.07) is 19.3. The first-order chi connectivity index (χ1) is 18.9. The van der Waals surface area contributed by atoms with E-state index < -0.39 is 0 Å². The predicted molar refractivity (Wildman–Crippen MR) is 155 cm³/mol. The van der Waals surface area contributed by atoms with Crippen molar-refractivity contribution in [2.75, 3.05) is 0 Å².